The molecule has 196 valence electrons. The first-order chi connectivity index (χ1) is 17.6. The van der Waals surface area contributed by atoms with Gasteiger partial charge in [-0.3, -0.25) is 14.6 Å². The summed E-state index contributed by atoms with van der Waals surface area (Å²) in [6.07, 6.45) is 4.09. The van der Waals surface area contributed by atoms with Gasteiger partial charge in [-0.25, -0.2) is 0 Å². The molecule has 3 aromatic rings. The van der Waals surface area contributed by atoms with Gasteiger partial charge in [0.05, 0.1) is 5.54 Å². The van der Waals surface area contributed by atoms with E-state index >= 15 is 0 Å². The Labute approximate surface area is 220 Å². The summed E-state index contributed by atoms with van der Waals surface area (Å²) in [7, 11) is 0. The zero-order chi connectivity index (χ0) is 26.8. The molecule has 0 fully saturated rings. The zero-order valence-corrected chi connectivity index (χ0v) is 22.2. The van der Waals surface area contributed by atoms with Crippen molar-refractivity contribution in [1.29, 1.82) is 0 Å². The van der Waals surface area contributed by atoms with Gasteiger partial charge < -0.3 is 20.7 Å². The van der Waals surface area contributed by atoms with Crippen LogP contribution in [-0.2, 0) is 16.2 Å². The van der Waals surface area contributed by atoms with E-state index in [1.165, 1.54) is 0 Å². The van der Waals surface area contributed by atoms with Gasteiger partial charge in [-0.1, -0.05) is 44.2 Å². The van der Waals surface area contributed by atoms with E-state index in [4.69, 9.17) is 10.5 Å². The van der Waals surface area contributed by atoms with E-state index in [-0.39, 0.29) is 0 Å². The maximum atomic E-state index is 13.2. The second-order valence-corrected chi connectivity index (χ2v) is 10.4. The number of pyridine rings is 1. The summed E-state index contributed by atoms with van der Waals surface area (Å²) >= 11 is 0. The second kappa shape index (κ2) is 12.9. The minimum absolute atomic E-state index is 0.419. The maximum absolute atomic E-state index is 13.2. The fourth-order valence-corrected chi connectivity index (χ4v) is 4.13. The Morgan fingerprint density at radius 2 is 1.65 bits per heavy atom. The molecule has 7 heteroatoms. The van der Waals surface area contributed by atoms with E-state index in [9.17, 15) is 9.59 Å². The van der Waals surface area contributed by atoms with Crippen molar-refractivity contribution in [3.8, 4) is 5.75 Å². The molecule has 0 spiro atoms. The molecule has 1 aromatic heterocycles. The van der Waals surface area contributed by atoms with Gasteiger partial charge in [-0.05, 0) is 73.7 Å². The molecule has 37 heavy (non-hydrogen) atoms. The molecule has 0 aliphatic heterocycles. The minimum atomic E-state index is -1.08. The lowest BCUT2D eigenvalue weighted by molar-refractivity contribution is -0.130. The number of hydrogen-bond acceptors (Lipinski definition) is 5. The molecule has 7 nitrogen and oxygen atoms in total. The van der Waals surface area contributed by atoms with Gasteiger partial charge >= 0.3 is 0 Å². The maximum Gasteiger partial charge on any atom is 0.237 e. The van der Waals surface area contributed by atoms with Crippen LogP contribution in [0.15, 0.2) is 79.1 Å². The number of aromatic nitrogens is 1. The molecule has 0 radical (unpaired) electrons. The summed E-state index contributed by atoms with van der Waals surface area (Å²) in [5, 5.41) is 3.05. The van der Waals surface area contributed by atoms with Crippen molar-refractivity contribution in [2.75, 3.05) is 18.0 Å². The van der Waals surface area contributed by atoms with Gasteiger partial charge in [0.25, 0.3) is 0 Å². The molecule has 3 N–H and O–H groups in total. The number of ether oxygens (including phenoxy) is 1. The standard InChI is InChI=1S/C30H38N4O3/c1-22(2)16-19-34(25-10-12-26(13-11-25)37-20-23-8-6-5-7-9-23)21-30(3,4)33-29(36)27(28(31)35)24-14-17-32-18-15-24/h5-15,17-18,22,27H,16,19-21H2,1-4H3,(H2,31,35)(H,33,36). The van der Waals surface area contributed by atoms with Crippen LogP contribution in [0.3, 0.4) is 0 Å². The first-order valence-electron chi connectivity index (χ1n) is 12.7. The molecular weight excluding hydrogens is 464 g/mol. The first kappa shape index (κ1) is 27.7. The Morgan fingerprint density at radius 3 is 2.24 bits per heavy atom. The van der Waals surface area contributed by atoms with Crippen LogP contribution >= 0.6 is 0 Å². The number of anilines is 1. The summed E-state index contributed by atoms with van der Waals surface area (Å²) in [5.41, 5.74) is 7.65. The van der Waals surface area contributed by atoms with E-state index in [0.717, 1.165) is 30.0 Å². The average Bonchev–Trinajstić information content (AvgIpc) is 2.86. The predicted molar refractivity (Wildman–Crippen MR) is 147 cm³/mol. The Balaban J connectivity index is 1.71. The molecule has 0 aliphatic carbocycles. The normalized spacial score (nSPS) is 12.1. The summed E-state index contributed by atoms with van der Waals surface area (Å²) in [6.45, 7) is 10.2. The molecule has 3 rings (SSSR count). The number of amides is 2. The smallest absolute Gasteiger partial charge is 0.237 e. The summed E-state index contributed by atoms with van der Waals surface area (Å²) in [5.74, 6) is -0.864. The molecule has 0 saturated carbocycles. The number of nitrogens with zero attached hydrogens (tertiary/aromatic N) is 2. The largest absolute Gasteiger partial charge is 0.489 e. The Hall–Kier alpha value is -3.87. The number of carbonyl (C=O) groups excluding carboxylic acids is 2. The van der Waals surface area contributed by atoms with Crippen LogP contribution in [0, 0.1) is 5.92 Å². The topological polar surface area (TPSA) is 97.6 Å². The van der Waals surface area contributed by atoms with Gasteiger partial charge in [0.1, 0.15) is 18.3 Å². The van der Waals surface area contributed by atoms with E-state index in [0.29, 0.717) is 24.6 Å². The molecule has 0 bridgehead atoms. The van der Waals surface area contributed by atoms with Gasteiger partial charge in [-0.15, -0.1) is 0 Å². The minimum Gasteiger partial charge on any atom is -0.489 e. The zero-order valence-electron chi connectivity index (χ0n) is 22.2. The second-order valence-electron chi connectivity index (χ2n) is 10.4. The van der Waals surface area contributed by atoms with Crippen molar-refractivity contribution in [3.63, 3.8) is 0 Å². The SMILES string of the molecule is CC(C)CCN(CC(C)(C)NC(=O)C(C(N)=O)c1ccncc1)c1ccc(OCc2ccccc2)cc1. The fraction of sp³-hybridized carbons (Fsp3) is 0.367. The highest BCUT2D eigenvalue weighted by Crippen LogP contribution is 2.24. The first-order valence-corrected chi connectivity index (χ1v) is 12.7. The van der Waals surface area contributed by atoms with Crippen molar-refractivity contribution in [2.45, 2.75) is 52.2 Å². The number of primary amides is 1. The number of nitrogens with one attached hydrogen (secondary N) is 1. The van der Waals surface area contributed by atoms with Crippen LogP contribution in [0.25, 0.3) is 0 Å². The molecule has 0 aliphatic rings. The van der Waals surface area contributed by atoms with Gasteiger partial charge in [0.2, 0.25) is 11.8 Å². The lowest BCUT2D eigenvalue weighted by Crippen LogP contribution is -2.54. The molecule has 2 aromatic carbocycles. The van der Waals surface area contributed by atoms with Crippen molar-refractivity contribution >= 4 is 17.5 Å². The van der Waals surface area contributed by atoms with Crippen molar-refractivity contribution in [3.05, 3.63) is 90.3 Å². The average molecular weight is 503 g/mol. The summed E-state index contributed by atoms with van der Waals surface area (Å²) in [6, 6.07) is 21.4. The van der Waals surface area contributed by atoms with E-state index in [1.54, 1.807) is 24.5 Å². The summed E-state index contributed by atoms with van der Waals surface area (Å²) in [4.78, 5) is 31.5. The van der Waals surface area contributed by atoms with Gasteiger partial charge in [0, 0.05) is 31.2 Å². The Kier molecular flexibility index (Phi) is 9.66. The third kappa shape index (κ3) is 8.63. The molecule has 0 saturated heterocycles. The Bertz CT molecular complexity index is 1130. The highest BCUT2D eigenvalue weighted by molar-refractivity contribution is 6.05. The molecule has 1 heterocycles. The monoisotopic (exact) mass is 502 g/mol. The van der Waals surface area contributed by atoms with Crippen LogP contribution in [0.4, 0.5) is 5.69 Å². The van der Waals surface area contributed by atoms with Gasteiger partial charge in [0.15, 0.2) is 0 Å². The number of rotatable bonds is 13. The van der Waals surface area contributed by atoms with Crippen molar-refractivity contribution in [2.24, 2.45) is 11.7 Å². The fourth-order valence-electron chi connectivity index (χ4n) is 4.13. The van der Waals surface area contributed by atoms with Crippen LogP contribution in [-0.4, -0.2) is 35.4 Å². The van der Waals surface area contributed by atoms with Crippen LogP contribution in [0.1, 0.15) is 51.2 Å². The third-order valence-corrected chi connectivity index (χ3v) is 6.06. The van der Waals surface area contributed by atoms with E-state index in [2.05, 4.69) is 29.0 Å². The Morgan fingerprint density at radius 1 is 1.00 bits per heavy atom. The van der Waals surface area contributed by atoms with Crippen LogP contribution < -0.4 is 20.7 Å². The molecular formula is C30H38N4O3. The van der Waals surface area contributed by atoms with E-state index in [1.807, 2.05) is 68.4 Å². The quantitative estimate of drug-likeness (QED) is 0.331. The van der Waals surface area contributed by atoms with Gasteiger partial charge in [-0.2, -0.15) is 0 Å². The van der Waals surface area contributed by atoms with Crippen molar-refractivity contribution < 1.29 is 14.3 Å². The number of benzene rings is 2. The molecule has 1 atom stereocenters. The van der Waals surface area contributed by atoms with Crippen molar-refractivity contribution in [1.82, 2.24) is 10.3 Å². The number of hydrogen-bond donors (Lipinski definition) is 2. The lowest BCUT2D eigenvalue weighted by atomic mass is 9.95. The number of nitrogens with two attached hydrogens (primary N) is 1. The highest BCUT2D eigenvalue weighted by Gasteiger charge is 2.32. The summed E-state index contributed by atoms with van der Waals surface area (Å²) < 4.78 is 5.95. The van der Waals surface area contributed by atoms with Crippen LogP contribution in [0.2, 0.25) is 0 Å². The molecule has 2 amide bonds. The predicted octanol–water partition coefficient (Wildman–Crippen LogP) is 4.68. The lowest BCUT2D eigenvalue weighted by Gasteiger charge is -2.36. The highest BCUT2D eigenvalue weighted by atomic mass is 16.5. The van der Waals surface area contributed by atoms with E-state index < -0.39 is 23.3 Å². The van der Waals surface area contributed by atoms with Crippen LogP contribution in [0.5, 0.6) is 5.75 Å². The molecule has 1 unspecified atom stereocenters. The third-order valence-electron chi connectivity index (χ3n) is 6.06. The number of carbonyl (C=O) groups is 2.